The van der Waals surface area contributed by atoms with Crippen LogP contribution in [0.25, 0.3) is 22.4 Å². The summed E-state index contributed by atoms with van der Waals surface area (Å²) in [5, 5.41) is 12.7. The van der Waals surface area contributed by atoms with Crippen LogP contribution in [0.5, 0.6) is 0 Å². The van der Waals surface area contributed by atoms with Gasteiger partial charge in [0.2, 0.25) is 0 Å². The van der Waals surface area contributed by atoms with E-state index in [1.165, 1.54) is 31.5 Å². The van der Waals surface area contributed by atoms with E-state index < -0.39 is 0 Å². The molecule has 3 atom stereocenters. The van der Waals surface area contributed by atoms with E-state index in [-0.39, 0.29) is 0 Å². The molecule has 2 aromatic carbocycles. The summed E-state index contributed by atoms with van der Waals surface area (Å²) in [6, 6.07) is 18.4. The molecule has 2 fully saturated rings. The molecule has 1 aliphatic carbocycles. The Morgan fingerprint density at radius 3 is 2.30 bits per heavy atom. The van der Waals surface area contributed by atoms with Gasteiger partial charge in [0.05, 0.1) is 17.3 Å². The van der Waals surface area contributed by atoms with Gasteiger partial charge in [0.25, 0.3) is 0 Å². The zero-order valence-electron chi connectivity index (χ0n) is 17.3. The van der Waals surface area contributed by atoms with Gasteiger partial charge in [-0.05, 0) is 68.3 Å². The molecular formula is C26H26N4. The molecule has 5 rings (SSSR count). The Morgan fingerprint density at radius 2 is 1.63 bits per heavy atom. The van der Waals surface area contributed by atoms with Crippen LogP contribution in [0, 0.1) is 36.0 Å². The highest BCUT2D eigenvalue weighted by atomic mass is 14.9. The molecule has 1 aromatic heterocycles. The van der Waals surface area contributed by atoms with E-state index in [0.717, 1.165) is 46.5 Å². The van der Waals surface area contributed by atoms with Crippen molar-refractivity contribution in [3.63, 3.8) is 0 Å². The summed E-state index contributed by atoms with van der Waals surface area (Å²) in [6.45, 7) is 4.44. The SMILES string of the molecule is Cc1ccc(-c2cnc(CC3C[C@H]4CNC[C@H]4C3)nc2-c2ccc(C#N)cc2)cc1. The van der Waals surface area contributed by atoms with E-state index in [2.05, 4.69) is 42.6 Å². The van der Waals surface area contributed by atoms with Crippen LogP contribution in [0.2, 0.25) is 0 Å². The predicted molar refractivity (Wildman–Crippen MR) is 119 cm³/mol. The lowest BCUT2D eigenvalue weighted by Gasteiger charge is -2.14. The Kier molecular flexibility index (Phi) is 5.06. The highest BCUT2D eigenvalue weighted by molar-refractivity contribution is 5.80. The maximum absolute atomic E-state index is 9.15. The van der Waals surface area contributed by atoms with Gasteiger partial charge in [-0.2, -0.15) is 5.26 Å². The number of hydrogen-bond donors (Lipinski definition) is 1. The number of nitrogens with zero attached hydrogens (tertiary/aromatic N) is 3. The minimum Gasteiger partial charge on any atom is -0.316 e. The molecule has 1 saturated carbocycles. The predicted octanol–water partition coefficient (Wildman–Crippen LogP) is 4.78. The van der Waals surface area contributed by atoms with Crippen molar-refractivity contribution < 1.29 is 0 Å². The Bertz CT molecular complexity index is 1070. The second kappa shape index (κ2) is 8.01. The largest absolute Gasteiger partial charge is 0.316 e. The Labute approximate surface area is 178 Å². The number of rotatable bonds is 4. The fourth-order valence-corrected chi connectivity index (χ4v) is 5.10. The fraction of sp³-hybridized carbons (Fsp3) is 0.346. The second-order valence-corrected chi connectivity index (χ2v) is 8.82. The number of benzene rings is 2. The second-order valence-electron chi connectivity index (χ2n) is 8.82. The van der Waals surface area contributed by atoms with Gasteiger partial charge in [-0.15, -0.1) is 0 Å². The third-order valence-corrected chi connectivity index (χ3v) is 6.71. The van der Waals surface area contributed by atoms with Crippen molar-refractivity contribution in [2.45, 2.75) is 26.2 Å². The van der Waals surface area contributed by atoms with E-state index in [1.807, 2.05) is 30.5 Å². The molecule has 3 aromatic rings. The van der Waals surface area contributed by atoms with Crippen LogP contribution in [0.4, 0.5) is 0 Å². The lowest BCUT2D eigenvalue weighted by atomic mass is 9.98. The zero-order valence-corrected chi connectivity index (χ0v) is 17.3. The number of hydrogen-bond acceptors (Lipinski definition) is 4. The van der Waals surface area contributed by atoms with Gasteiger partial charge < -0.3 is 5.32 Å². The summed E-state index contributed by atoms with van der Waals surface area (Å²) in [7, 11) is 0. The van der Waals surface area contributed by atoms with Crippen LogP contribution in [0.15, 0.2) is 54.7 Å². The summed E-state index contributed by atoms with van der Waals surface area (Å²) in [4.78, 5) is 9.82. The quantitative estimate of drug-likeness (QED) is 0.692. The van der Waals surface area contributed by atoms with Gasteiger partial charge in [0, 0.05) is 23.7 Å². The van der Waals surface area contributed by atoms with E-state index in [0.29, 0.717) is 11.5 Å². The van der Waals surface area contributed by atoms with Crippen molar-refractivity contribution in [1.29, 1.82) is 5.26 Å². The third kappa shape index (κ3) is 3.74. The Morgan fingerprint density at radius 1 is 0.967 bits per heavy atom. The Balaban J connectivity index is 1.49. The first-order valence-corrected chi connectivity index (χ1v) is 10.8. The van der Waals surface area contributed by atoms with Crippen molar-refractivity contribution in [2.24, 2.45) is 17.8 Å². The molecule has 150 valence electrons. The van der Waals surface area contributed by atoms with Gasteiger partial charge in [-0.25, -0.2) is 9.97 Å². The van der Waals surface area contributed by atoms with Crippen molar-refractivity contribution in [3.8, 4) is 28.5 Å². The van der Waals surface area contributed by atoms with Crippen LogP contribution < -0.4 is 5.32 Å². The minimum absolute atomic E-state index is 0.663. The molecule has 1 unspecified atom stereocenters. The molecule has 1 N–H and O–H groups in total. The summed E-state index contributed by atoms with van der Waals surface area (Å²) in [5.41, 5.74) is 6.03. The van der Waals surface area contributed by atoms with Crippen molar-refractivity contribution in [2.75, 3.05) is 13.1 Å². The smallest absolute Gasteiger partial charge is 0.129 e. The average Bonchev–Trinajstić information content (AvgIpc) is 3.36. The Hall–Kier alpha value is -3.03. The highest BCUT2D eigenvalue weighted by Gasteiger charge is 2.37. The number of aromatic nitrogens is 2. The normalized spacial score (nSPS) is 22.6. The topological polar surface area (TPSA) is 61.6 Å². The molecular weight excluding hydrogens is 368 g/mol. The van der Waals surface area contributed by atoms with E-state index in [9.17, 15) is 0 Å². The lowest BCUT2D eigenvalue weighted by molar-refractivity contribution is 0.480. The maximum atomic E-state index is 9.15. The zero-order chi connectivity index (χ0) is 20.5. The lowest BCUT2D eigenvalue weighted by Crippen LogP contribution is -2.13. The van der Waals surface area contributed by atoms with Gasteiger partial charge in [0.15, 0.2) is 0 Å². The number of aryl methyl sites for hydroxylation is 1. The van der Waals surface area contributed by atoms with E-state index >= 15 is 0 Å². The highest BCUT2D eigenvalue weighted by Crippen LogP contribution is 2.40. The van der Waals surface area contributed by atoms with Crippen LogP contribution in [-0.2, 0) is 6.42 Å². The summed E-state index contributed by atoms with van der Waals surface area (Å²) < 4.78 is 0. The van der Waals surface area contributed by atoms with Gasteiger partial charge in [0.1, 0.15) is 5.82 Å². The first-order chi connectivity index (χ1) is 14.7. The fourth-order valence-electron chi connectivity index (χ4n) is 5.10. The molecule has 2 aliphatic rings. The number of nitrogens with one attached hydrogen (secondary N) is 1. The van der Waals surface area contributed by atoms with E-state index in [1.54, 1.807) is 0 Å². The average molecular weight is 395 g/mol. The minimum atomic E-state index is 0.663. The van der Waals surface area contributed by atoms with E-state index in [4.69, 9.17) is 15.2 Å². The maximum Gasteiger partial charge on any atom is 0.129 e. The molecule has 1 aliphatic heterocycles. The first kappa shape index (κ1) is 19.0. The molecule has 4 heteroatoms. The molecule has 4 nitrogen and oxygen atoms in total. The number of fused-ring (bicyclic) bond motifs is 1. The van der Waals surface area contributed by atoms with Crippen LogP contribution >= 0.6 is 0 Å². The molecule has 0 radical (unpaired) electrons. The molecule has 0 bridgehead atoms. The molecule has 0 amide bonds. The summed E-state index contributed by atoms with van der Waals surface area (Å²) in [5.74, 6) is 3.28. The monoisotopic (exact) mass is 394 g/mol. The van der Waals surface area contributed by atoms with Crippen molar-refractivity contribution in [3.05, 3.63) is 71.7 Å². The van der Waals surface area contributed by atoms with Crippen LogP contribution in [0.1, 0.15) is 29.8 Å². The summed E-state index contributed by atoms with van der Waals surface area (Å²) in [6.07, 6.45) is 5.50. The standard InChI is InChI=1S/C26H26N4/c1-17-2-6-20(7-3-17)24-16-29-25(12-19-10-22-14-28-15-23(22)11-19)30-26(24)21-8-4-18(13-27)5-9-21/h2-9,16,19,22-23,28H,10-12,14-15H2,1H3/t19?,22-,23+. The number of nitriles is 1. The third-order valence-electron chi connectivity index (χ3n) is 6.71. The summed E-state index contributed by atoms with van der Waals surface area (Å²) >= 11 is 0. The van der Waals surface area contributed by atoms with Crippen molar-refractivity contribution >= 4 is 0 Å². The molecule has 2 heterocycles. The van der Waals surface area contributed by atoms with Gasteiger partial charge in [-0.1, -0.05) is 42.0 Å². The molecule has 30 heavy (non-hydrogen) atoms. The van der Waals surface area contributed by atoms with Crippen molar-refractivity contribution in [1.82, 2.24) is 15.3 Å². The van der Waals surface area contributed by atoms with Gasteiger partial charge in [-0.3, -0.25) is 0 Å². The van der Waals surface area contributed by atoms with Crippen LogP contribution in [0.3, 0.4) is 0 Å². The van der Waals surface area contributed by atoms with Gasteiger partial charge >= 0.3 is 0 Å². The first-order valence-electron chi connectivity index (χ1n) is 10.8. The molecule has 0 spiro atoms. The molecule has 1 saturated heterocycles. The van der Waals surface area contributed by atoms with Crippen LogP contribution in [-0.4, -0.2) is 23.1 Å².